The van der Waals surface area contributed by atoms with Crippen LogP contribution in [0.3, 0.4) is 0 Å². The predicted molar refractivity (Wildman–Crippen MR) is 50.6 cm³/mol. The highest BCUT2D eigenvalue weighted by Gasteiger charge is 2.01. The predicted octanol–water partition coefficient (Wildman–Crippen LogP) is 2.58. The van der Waals surface area contributed by atoms with Gasteiger partial charge in [0.25, 0.3) is 0 Å². The standard InChI is InChI=1S/C8H8BrFN2/c1-2-3-11-8-7(10)4-6(9)5-12-8/h2,4-5H,1,3H2,(H,11,12). The van der Waals surface area contributed by atoms with E-state index in [0.717, 1.165) is 0 Å². The van der Waals surface area contributed by atoms with Gasteiger partial charge < -0.3 is 5.32 Å². The third-order valence-electron chi connectivity index (χ3n) is 1.22. The first-order valence-corrected chi connectivity index (χ1v) is 4.19. The fourth-order valence-electron chi connectivity index (χ4n) is 0.713. The van der Waals surface area contributed by atoms with E-state index in [0.29, 0.717) is 11.0 Å². The Morgan fingerprint density at radius 1 is 1.75 bits per heavy atom. The molecule has 0 aliphatic carbocycles. The van der Waals surface area contributed by atoms with Crippen LogP contribution < -0.4 is 5.32 Å². The van der Waals surface area contributed by atoms with Crippen LogP contribution in [0.4, 0.5) is 10.2 Å². The lowest BCUT2D eigenvalue weighted by atomic mass is 10.4. The Morgan fingerprint density at radius 2 is 2.50 bits per heavy atom. The van der Waals surface area contributed by atoms with Gasteiger partial charge in [0.1, 0.15) is 0 Å². The van der Waals surface area contributed by atoms with E-state index in [-0.39, 0.29) is 11.6 Å². The average molecular weight is 231 g/mol. The lowest BCUT2D eigenvalue weighted by molar-refractivity contribution is 0.624. The molecular formula is C8H8BrFN2. The molecule has 0 saturated heterocycles. The molecule has 1 aromatic heterocycles. The van der Waals surface area contributed by atoms with Crippen LogP contribution in [0.15, 0.2) is 29.4 Å². The Kier molecular flexibility index (Phi) is 3.22. The van der Waals surface area contributed by atoms with Crippen LogP contribution >= 0.6 is 15.9 Å². The van der Waals surface area contributed by atoms with Gasteiger partial charge in [0.2, 0.25) is 0 Å². The summed E-state index contributed by atoms with van der Waals surface area (Å²) >= 11 is 3.11. The Morgan fingerprint density at radius 3 is 3.08 bits per heavy atom. The first kappa shape index (κ1) is 9.19. The molecule has 0 atom stereocenters. The molecule has 64 valence electrons. The van der Waals surface area contributed by atoms with Crippen molar-refractivity contribution in [1.29, 1.82) is 0 Å². The maximum Gasteiger partial charge on any atom is 0.166 e. The molecule has 1 aromatic rings. The molecule has 0 radical (unpaired) electrons. The van der Waals surface area contributed by atoms with Crippen molar-refractivity contribution in [1.82, 2.24) is 4.98 Å². The van der Waals surface area contributed by atoms with E-state index in [9.17, 15) is 4.39 Å². The van der Waals surface area contributed by atoms with Gasteiger partial charge in [-0.2, -0.15) is 0 Å². The van der Waals surface area contributed by atoms with E-state index in [1.54, 1.807) is 6.08 Å². The van der Waals surface area contributed by atoms with Crippen molar-refractivity contribution < 1.29 is 4.39 Å². The number of pyridine rings is 1. The molecule has 0 saturated carbocycles. The normalized spacial score (nSPS) is 9.50. The maximum atomic E-state index is 13.0. The van der Waals surface area contributed by atoms with E-state index in [2.05, 4.69) is 32.8 Å². The van der Waals surface area contributed by atoms with Gasteiger partial charge in [0, 0.05) is 17.2 Å². The molecule has 0 unspecified atom stereocenters. The van der Waals surface area contributed by atoms with Crippen molar-refractivity contribution in [3.8, 4) is 0 Å². The molecule has 1 N–H and O–H groups in total. The van der Waals surface area contributed by atoms with Crippen molar-refractivity contribution in [3.05, 3.63) is 35.2 Å². The SMILES string of the molecule is C=CCNc1ncc(Br)cc1F. The van der Waals surface area contributed by atoms with Gasteiger partial charge in [0.05, 0.1) is 0 Å². The molecule has 1 heterocycles. The zero-order valence-electron chi connectivity index (χ0n) is 6.35. The first-order valence-electron chi connectivity index (χ1n) is 3.40. The number of hydrogen-bond acceptors (Lipinski definition) is 2. The fraction of sp³-hybridized carbons (Fsp3) is 0.125. The van der Waals surface area contributed by atoms with Crippen LogP contribution in [0.1, 0.15) is 0 Å². The van der Waals surface area contributed by atoms with Gasteiger partial charge in [-0.05, 0) is 22.0 Å². The lowest BCUT2D eigenvalue weighted by Crippen LogP contribution is -2.02. The molecule has 0 amide bonds. The van der Waals surface area contributed by atoms with Crippen molar-refractivity contribution >= 4 is 21.7 Å². The molecule has 12 heavy (non-hydrogen) atoms. The van der Waals surface area contributed by atoms with E-state index < -0.39 is 0 Å². The average Bonchev–Trinajstić information content (AvgIpc) is 2.03. The van der Waals surface area contributed by atoms with Crippen LogP contribution in [-0.2, 0) is 0 Å². The van der Waals surface area contributed by atoms with Crippen molar-refractivity contribution in [2.75, 3.05) is 11.9 Å². The Labute approximate surface area is 78.6 Å². The third-order valence-corrected chi connectivity index (χ3v) is 1.66. The number of hydrogen-bond donors (Lipinski definition) is 1. The largest absolute Gasteiger partial charge is 0.364 e. The Hall–Kier alpha value is -0.900. The summed E-state index contributed by atoms with van der Waals surface area (Å²) in [6.07, 6.45) is 3.18. The van der Waals surface area contributed by atoms with Gasteiger partial charge in [-0.15, -0.1) is 6.58 Å². The molecule has 0 fully saturated rings. The molecule has 0 bridgehead atoms. The second-order valence-corrected chi connectivity index (χ2v) is 3.07. The van der Waals surface area contributed by atoms with E-state index in [1.165, 1.54) is 12.3 Å². The summed E-state index contributed by atoms with van der Waals surface area (Å²) in [6, 6.07) is 1.36. The first-order chi connectivity index (χ1) is 5.74. The monoisotopic (exact) mass is 230 g/mol. The zero-order chi connectivity index (χ0) is 8.97. The van der Waals surface area contributed by atoms with Gasteiger partial charge in [-0.25, -0.2) is 9.37 Å². The minimum atomic E-state index is -0.369. The van der Waals surface area contributed by atoms with Crippen molar-refractivity contribution in [2.24, 2.45) is 0 Å². The maximum absolute atomic E-state index is 13.0. The van der Waals surface area contributed by atoms with Crippen molar-refractivity contribution in [2.45, 2.75) is 0 Å². The van der Waals surface area contributed by atoms with Crippen LogP contribution in [0, 0.1) is 5.82 Å². The highest BCUT2D eigenvalue weighted by molar-refractivity contribution is 9.10. The summed E-state index contributed by atoms with van der Waals surface area (Å²) in [5.41, 5.74) is 0. The molecule has 1 rings (SSSR count). The van der Waals surface area contributed by atoms with Gasteiger partial charge in [0.15, 0.2) is 11.6 Å². The second kappa shape index (κ2) is 4.21. The summed E-state index contributed by atoms with van der Waals surface area (Å²) in [6.45, 7) is 4.01. The Bertz CT molecular complexity index is 288. The molecular weight excluding hydrogens is 223 g/mol. The third kappa shape index (κ3) is 2.30. The van der Waals surface area contributed by atoms with Crippen molar-refractivity contribution in [3.63, 3.8) is 0 Å². The summed E-state index contributed by atoms with van der Waals surface area (Å²) in [7, 11) is 0. The van der Waals surface area contributed by atoms with Gasteiger partial charge in [-0.3, -0.25) is 0 Å². The number of aromatic nitrogens is 1. The molecule has 2 nitrogen and oxygen atoms in total. The van der Waals surface area contributed by atoms with Crippen LogP contribution in [0.25, 0.3) is 0 Å². The smallest absolute Gasteiger partial charge is 0.166 e. The van der Waals surface area contributed by atoms with Crippen LogP contribution in [0.5, 0.6) is 0 Å². The summed E-state index contributed by atoms with van der Waals surface area (Å²) in [5.74, 6) is -0.121. The number of nitrogens with zero attached hydrogens (tertiary/aromatic N) is 1. The summed E-state index contributed by atoms with van der Waals surface area (Å²) in [5, 5.41) is 2.76. The quantitative estimate of drug-likeness (QED) is 0.808. The zero-order valence-corrected chi connectivity index (χ0v) is 7.94. The number of anilines is 1. The molecule has 0 aromatic carbocycles. The van der Waals surface area contributed by atoms with Crippen LogP contribution in [-0.4, -0.2) is 11.5 Å². The van der Waals surface area contributed by atoms with E-state index >= 15 is 0 Å². The molecule has 0 spiro atoms. The van der Waals surface area contributed by atoms with Gasteiger partial charge >= 0.3 is 0 Å². The van der Waals surface area contributed by atoms with Gasteiger partial charge in [-0.1, -0.05) is 6.08 Å². The number of halogens is 2. The Balaban J connectivity index is 2.78. The minimum Gasteiger partial charge on any atom is -0.364 e. The molecule has 4 heteroatoms. The summed E-state index contributed by atoms with van der Waals surface area (Å²) in [4.78, 5) is 3.83. The molecule has 0 aliphatic heterocycles. The molecule has 0 aliphatic rings. The number of rotatable bonds is 3. The summed E-state index contributed by atoms with van der Waals surface area (Å²) < 4.78 is 13.6. The fourth-order valence-corrected chi connectivity index (χ4v) is 1.02. The highest BCUT2D eigenvalue weighted by Crippen LogP contribution is 2.15. The lowest BCUT2D eigenvalue weighted by Gasteiger charge is -2.02. The minimum absolute atomic E-state index is 0.248. The van der Waals surface area contributed by atoms with Crippen LogP contribution in [0.2, 0.25) is 0 Å². The van der Waals surface area contributed by atoms with E-state index in [4.69, 9.17) is 0 Å². The second-order valence-electron chi connectivity index (χ2n) is 2.15. The number of nitrogens with one attached hydrogen (secondary N) is 1. The highest BCUT2D eigenvalue weighted by atomic mass is 79.9. The van der Waals surface area contributed by atoms with E-state index in [1.807, 2.05) is 0 Å². The topological polar surface area (TPSA) is 24.9 Å².